The zero-order valence-electron chi connectivity index (χ0n) is 15.5. The van der Waals surface area contributed by atoms with Gasteiger partial charge in [-0.2, -0.15) is 0 Å². The zero-order chi connectivity index (χ0) is 19.9. The van der Waals surface area contributed by atoms with Crippen molar-refractivity contribution in [2.45, 2.75) is 19.4 Å². The maximum Gasteiger partial charge on any atom is 0.268 e. The summed E-state index contributed by atoms with van der Waals surface area (Å²) in [6.07, 6.45) is 2.12. The van der Waals surface area contributed by atoms with E-state index in [1.165, 1.54) is 0 Å². The van der Waals surface area contributed by atoms with Crippen LogP contribution in [0.2, 0.25) is 0 Å². The minimum atomic E-state index is -0.483. The molecule has 1 aliphatic heterocycles. The first-order chi connectivity index (χ1) is 13.6. The lowest BCUT2D eigenvalue weighted by atomic mass is 10.1. The highest BCUT2D eigenvalue weighted by atomic mass is 16.7. The second-order valence-electron chi connectivity index (χ2n) is 6.25. The van der Waals surface area contributed by atoms with Crippen LogP contribution in [-0.2, 0) is 4.79 Å². The molecule has 0 saturated heterocycles. The van der Waals surface area contributed by atoms with Gasteiger partial charge in [0, 0.05) is 5.56 Å². The van der Waals surface area contributed by atoms with Crippen molar-refractivity contribution >= 4 is 17.9 Å². The molecule has 0 fully saturated rings. The summed E-state index contributed by atoms with van der Waals surface area (Å²) in [4.78, 5) is 25.3. The number of aliphatic hydroxyl groups excluding tert-OH is 1. The van der Waals surface area contributed by atoms with Crippen molar-refractivity contribution in [3.05, 3.63) is 65.4 Å². The number of rotatable bonds is 7. The topological polar surface area (TPSA) is 96.9 Å². The van der Waals surface area contributed by atoms with Gasteiger partial charge in [-0.25, -0.2) is 0 Å². The van der Waals surface area contributed by atoms with E-state index < -0.39 is 17.9 Å². The maximum absolute atomic E-state index is 12.7. The number of amides is 2. The van der Waals surface area contributed by atoms with Gasteiger partial charge in [0.25, 0.3) is 11.8 Å². The summed E-state index contributed by atoms with van der Waals surface area (Å²) in [7, 11) is 0. The van der Waals surface area contributed by atoms with Crippen LogP contribution in [0.15, 0.2) is 54.2 Å². The van der Waals surface area contributed by atoms with Gasteiger partial charge < -0.3 is 25.2 Å². The van der Waals surface area contributed by atoms with Crippen LogP contribution >= 0.6 is 0 Å². The normalized spacial score (nSPS) is 13.7. The summed E-state index contributed by atoms with van der Waals surface area (Å²) in [5.41, 5.74) is 1.17. The molecule has 1 heterocycles. The molecule has 28 heavy (non-hydrogen) atoms. The molecule has 0 bridgehead atoms. The summed E-state index contributed by atoms with van der Waals surface area (Å²) in [5.74, 6) is 0.315. The Kier molecular flexibility index (Phi) is 6.29. The minimum absolute atomic E-state index is 0.0691. The van der Waals surface area contributed by atoms with E-state index in [1.807, 2.05) is 6.92 Å². The third kappa shape index (κ3) is 4.69. The number of aliphatic hydroxyl groups is 1. The lowest BCUT2D eigenvalue weighted by Crippen LogP contribution is -2.41. The van der Waals surface area contributed by atoms with E-state index in [9.17, 15) is 14.7 Å². The fraction of sp³-hybridized carbons (Fsp3) is 0.238. The molecule has 3 rings (SSSR count). The molecule has 7 nitrogen and oxygen atoms in total. The molecule has 0 aromatic heterocycles. The van der Waals surface area contributed by atoms with E-state index in [2.05, 4.69) is 10.6 Å². The number of ether oxygens (including phenoxy) is 2. The van der Waals surface area contributed by atoms with E-state index in [4.69, 9.17) is 9.47 Å². The van der Waals surface area contributed by atoms with Crippen molar-refractivity contribution in [2.24, 2.45) is 0 Å². The number of carbonyl (C=O) groups is 2. The highest BCUT2D eigenvalue weighted by molar-refractivity contribution is 6.05. The third-order valence-corrected chi connectivity index (χ3v) is 4.28. The molecule has 2 aromatic carbocycles. The summed E-state index contributed by atoms with van der Waals surface area (Å²) >= 11 is 0. The highest BCUT2D eigenvalue weighted by Crippen LogP contribution is 2.33. The predicted molar refractivity (Wildman–Crippen MR) is 104 cm³/mol. The molecule has 7 heteroatoms. The van der Waals surface area contributed by atoms with E-state index in [-0.39, 0.29) is 19.1 Å². The summed E-state index contributed by atoms with van der Waals surface area (Å²) in [6, 6.07) is 13.4. The fourth-order valence-corrected chi connectivity index (χ4v) is 2.65. The van der Waals surface area contributed by atoms with Crippen LogP contribution in [-0.4, -0.2) is 36.4 Å². The van der Waals surface area contributed by atoms with Gasteiger partial charge in [-0.3, -0.25) is 9.59 Å². The lowest BCUT2D eigenvalue weighted by Gasteiger charge is -2.16. The molecular formula is C21H22N2O5. The van der Waals surface area contributed by atoms with Gasteiger partial charge in [0.05, 0.1) is 12.6 Å². The molecule has 2 amide bonds. The molecule has 146 valence electrons. The minimum Gasteiger partial charge on any atom is -0.454 e. The van der Waals surface area contributed by atoms with Crippen molar-refractivity contribution in [1.82, 2.24) is 10.6 Å². The van der Waals surface area contributed by atoms with E-state index in [1.54, 1.807) is 54.6 Å². The number of nitrogens with one attached hydrogen (secondary N) is 2. The Morgan fingerprint density at radius 1 is 1.14 bits per heavy atom. The van der Waals surface area contributed by atoms with E-state index >= 15 is 0 Å². The second-order valence-corrected chi connectivity index (χ2v) is 6.25. The van der Waals surface area contributed by atoms with Gasteiger partial charge in [0.2, 0.25) is 6.79 Å². The largest absolute Gasteiger partial charge is 0.454 e. The molecule has 0 spiro atoms. The molecule has 0 aliphatic carbocycles. The molecule has 2 aromatic rings. The Labute approximate surface area is 163 Å². The predicted octanol–water partition coefficient (Wildman–Crippen LogP) is 2.07. The number of carbonyl (C=O) groups excluding carboxylic acids is 2. The van der Waals surface area contributed by atoms with Crippen LogP contribution in [0.3, 0.4) is 0 Å². The van der Waals surface area contributed by atoms with Crippen molar-refractivity contribution in [3.8, 4) is 11.5 Å². The van der Waals surface area contributed by atoms with Gasteiger partial charge in [0.15, 0.2) is 11.5 Å². The Balaban J connectivity index is 1.87. The SMILES string of the molecule is CC[C@H](CO)NC(=O)/C(=C\c1ccc2c(c1)OCO2)NC(=O)c1ccccc1. The Hall–Kier alpha value is -3.32. The van der Waals surface area contributed by atoms with Gasteiger partial charge >= 0.3 is 0 Å². The van der Waals surface area contributed by atoms with E-state index in [0.717, 1.165) is 0 Å². The number of benzene rings is 2. The smallest absolute Gasteiger partial charge is 0.268 e. The first-order valence-corrected chi connectivity index (χ1v) is 9.00. The Bertz CT molecular complexity index is 876. The van der Waals surface area contributed by atoms with Gasteiger partial charge in [-0.15, -0.1) is 0 Å². The quantitative estimate of drug-likeness (QED) is 0.637. The summed E-state index contributed by atoms with van der Waals surface area (Å²) < 4.78 is 10.6. The van der Waals surface area contributed by atoms with Gasteiger partial charge in [-0.1, -0.05) is 31.2 Å². The van der Waals surface area contributed by atoms with E-state index in [0.29, 0.717) is 29.0 Å². The average Bonchev–Trinajstić information content (AvgIpc) is 3.19. The van der Waals surface area contributed by atoms with Gasteiger partial charge in [-0.05, 0) is 42.3 Å². The zero-order valence-corrected chi connectivity index (χ0v) is 15.5. The molecular weight excluding hydrogens is 360 g/mol. The molecule has 0 unspecified atom stereocenters. The van der Waals surface area contributed by atoms with Crippen molar-refractivity contribution in [3.63, 3.8) is 0 Å². The Morgan fingerprint density at radius 2 is 1.89 bits per heavy atom. The number of hydrogen-bond donors (Lipinski definition) is 3. The maximum atomic E-state index is 12.7. The van der Waals surface area contributed by atoms with Crippen LogP contribution in [0.25, 0.3) is 6.08 Å². The van der Waals surface area contributed by atoms with Crippen molar-refractivity contribution in [1.29, 1.82) is 0 Å². The van der Waals surface area contributed by atoms with Crippen LogP contribution in [0.4, 0.5) is 0 Å². The summed E-state index contributed by atoms with van der Waals surface area (Å²) in [6.45, 7) is 1.81. The van der Waals surface area contributed by atoms with Crippen LogP contribution in [0.1, 0.15) is 29.3 Å². The second kappa shape index (κ2) is 9.05. The monoisotopic (exact) mass is 382 g/mol. The Morgan fingerprint density at radius 3 is 2.61 bits per heavy atom. The van der Waals surface area contributed by atoms with Crippen LogP contribution in [0, 0.1) is 0 Å². The van der Waals surface area contributed by atoms with Gasteiger partial charge in [0.1, 0.15) is 5.70 Å². The summed E-state index contributed by atoms with van der Waals surface area (Å²) in [5, 5.41) is 14.7. The standard InChI is InChI=1S/C21H22N2O5/c1-2-16(12-24)22-21(26)17(23-20(25)15-6-4-3-5-7-15)10-14-8-9-18-19(11-14)28-13-27-18/h3-11,16,24H,2,12-13H2,1H3,(H,22,26)(H,23,25)/b17-10+/t16-/m1/s1. The molecule has 0 saturated carbocycles. The van der Waals surface area contributed by atoms with Crippen LogP contribution < -0.4 is 20.1 Å². The average molecular weight is 382 g/mol. The third-order valence-electron chi connectivity index (χ3n) is 4.28. The number of hydrogen-bond acceptors (Lipinski definition) is 5. The van der Waals surface area contributed by atoms with Crippen molar-refractivity contribution in [2.75, 3.05) is 13.4 Å². The van der Waals surface area contributed by atoms with Crippen LogP contribution in [0.5, 0.6) is 11.5 Å². The molecule has 1 aliphatic rings. The highest BCUT2D eigenvalue weighted by Gasteiger charge is 2.18. The molecule has 3 N–H and O–H groups in total. The molecule has 0 radical (unpaired) electrons. The fourth-order valence-electron chi connectivity index (χ4n) is 2.65. The number of fused-ring (bicyclic) bond motifs is 1. The first-order valence-electron chi connectivity index (χ1n) is 9.00. The molecule has 1 atom stereocenters. The van der Waals surface area contributed by atoms with Crippen molar-refractivity contribution < 1.29 is 24.2 Å². The first kappa shape index (κ1) is 19.4. The lowest BCUT2D eigenvalue weighted by molar-refractivity contribution is -0.118.